The van der Waals surface area contributed by atoms with Gasteiger partial charge >= 0.3 is 0 Å². The van der Waals surface area contributed by atoms with Gasteiger partial charge in [0.05, 0.1) is 5.41 Å². The predicted octanol–water partition coefficient (Wildman–Crippen LogP) is 3.04. The Morgan fingerprint density at radius 2 is 1.88 bits per heavy atom. The maximum absolute atomic E-state index is 12.5. The molecule has 1 aliphatic heterocycles. The molecule has 0 atom stereocenters. The highest BCUT2D eigenvalue weighted by molar-refractivity contribution is 7.09. The van der Waals surface area contributed by atoms with Gasteiger partial charge in [0.15, 0.2) is 0 Å². The van der Waals surface area contributed by atoms with Crippen molar-refractivity contribution in [2.24, 2.45) is 5.41 Å². The number of hydrogen-bond acceptors (Lipinski definition) is 5. The van der Waals surface area contributed by atoms with Crippen molar-refractivity contribution in [3.63, 3.8) is 0 Å². The Morgan fingerprint density at radius 3 is 2.52 bits per heavy atom. The molecule has 0 saturated carbocycles. The second-order valence-electron chi connectivity index (χ2n) is 6.95. The Kier molecular flexibility index (Phi) is 5.59. The fourth-order valence-corrected chi connectivity index (χ4v) is 3.66. The first kappa shape index (κ1) is 18.1. The summed E-state index contributed by atoms with van der Waals surface area (Å²) in [7, 11) is 0. The summed E-state index contributed by atoms with van der Waals surface area (Å²) in [5.74, 6) is 1.32. The lowest BCUT2D eigenvalue weighted by Crippen LogP contribution is -2.52. The van der Waals surface area contributed by atoms with Crippen molar-refractivity contribution in [2.45, 2.75) is 20.3 Å². The minimum atomic E-state index is -0.505. The highest BCUT2D eigenvalue weighted by atomic mass is 35.5. The van der Waals surface area contributed by atoms with Crippen LogP contribution in [0.3, 0.4) is 0 Å². The van der Waals surface area contributed by atoms with E-state index in [9.17, 15) is 4.79 Å². The van der Waals surface area contributed by atoms with Gasteiger partial charge in [0.1, 0.15) is 5.82 Å². The minimum Gasteiger partial charge on any atom is -0.343 e. The van der Waals surface area contributed by atoms with Gasteiger partial charge in [-0.1, -0.05) is 30.3 Å². The fraction of sp³-hybridized carbons (Fsp3) is 0.500. The smallest absolute Gasteiger partial charge is 0.229 e. The zero-order valence-electron chi connectivity index (χ0n) is 14.6. The Labute approximate surface area is 157 Å². The quantitative estimate of drug-likeness (QED) is 0.750. The van der Waals surface area contributed by atoms with Crippen LogP contribution in [0.2, 0.25) is 0 Å². The monoisotopic (exact) mass is 378 g/mol. The molecule has 134 valence electrons. The largest absolute Gasteiger partial charge is 0.343 e. The highest BCUT2D eigenvalue weighted by Crippen LogP contribution is 2.24. The Balaban J connectivity index is 1.58. The molecule has 1 aromatic heterocycles. The van der Waals surface area contributed by atoms with Crippen molar-refractivity contribution in [3.05, 3.63) is 41.7 Å². The van der Waals surface area contributed by atoms with Crippen LogP contribution in [0, 0.1) is 5.41 Å². The lowest BCUT2D eigenvalue weighted by Gasteiger charge is -2.37. The maximum Gasteiger partial charge on any atom is 0.229 e. The summed E-state index contributed by atoms with van der Waals surface area (Å²) in [4.78, 5) is 21.3. The van der Waals surface area contributed by atoms with Crippen LogP contribution >= 0.6 is 23.1 Å². The van der Waals surface area contributed by atoms with Crippen LogP contribution in [0.1, 0.15) is 25.2 Å². The predicted molar refractivity (Wildman–Crippen MR) is 102 cm³/mol. The normalized spacial score (nSPS) is 15.5. The molecule has 0 radical (unpaired) electrons. The van der Waals surface area contributed by atoms with E-state index in [-0.39, 0.29) is 5.91 Å². The van der Waals surface area contributed by atoms with E-state index < -0.39 is 5.41 Å². The lowest BCUT2D eigenvalue weighted by molar-refractivity contribution is -0.139. The van der Waals surface area contributed by atoms with Crippen LogP contribution in [-0.2, 0) is 11.2 Å². The third kappa shape index (κ3) is 4.30. The van der Waals surface area contributed by atoms with Gasteiger partial charge < -0.3 is 9.80 Å². The van der Waals surface area contributed by atoms with E-state index in [1.807, 2.05) is 36.9 Å². The Morgan fingerprint density at radius 1 is 1.20 bits per heavy atom. The first-order chi connectivity index (χ1) is 12.0. The van der Waals surface area contributed by atoms with E-state index in [4.69, 9.17) is 11.6 Å². The van der Waals surface area contributed by atoms with Crippen molar-refractivity contribution in [3.8, 4) is 0 Å². The topological polar surface area (TPSA) is 49.3 Å². The van der Waals surface area contributed by atoms with E-state index in [0.717, 1.165) is 30.5 Å². The summed E-state index contributed by atoms with van der Waals surface area (Å²) in [5.41, 5.74) is 0.709. The molecule has 0 aliphatic carbocycles. The summed E-state index contributed by atoms with van der Waals surface area (Å²) >= 11 is 7.36. The van der Waals surface area contributed by atoms with Crippen molar-refractivity contribution >= 4 is 34.2 Å². The summed E-state index contributed by atoms with van der Waals surface area (Å²) in [5, 5.41) is 0.939. The first-order valence-electron chi connectivity index (χ1n) is 8.46. The second kappa shape index (κ2) is 7.70. The third-order valence-electron chi connectivity index (χ3n) is 4.41. The number of rotatable bonds is 5. The first-order valence-corrected chi connectivity index (χ1v) is 9.77. The van der Waals surface area contributed by atoms with E-state index in [0.29, 0.717) is 19.0 Å². The van der Waals surface area contributed by atoms with E-state index in [1.165, 1.54) is 17.1 Å². The van der Waals surface area contributed by atoms with Crippen molar-refractivity contribution in [1.29, 1.82) is 0 Å². The van der Waals surface area contributed by atoms with Gasteiger partial charge in [-0.25, -0.2) is 4.98 Å². The van der Waals surface area contributed by atoms with E-state index in [2.05, 4.69) is 26.4 Å². The second-order valence-corrected chi connectivity index (χ2v) is 7.95. The van der Waals surface area contributed by atoms with Gasteiger partial charge in [0, 0.05) is 50.0 Å². The average Bonchev–Trinajstić information content (AvgIpc) is 3.10. The standard InChI is InChI=1S/C18H23ClN4OS/c1-18(2,13-19)16(24)22-8-10-23(11-9-22)17-20-15(21-25-17)12-14-6-4-3-5-7-14/h3-7H,8-13H2,1-2H3. The number of anilines is 1. The number of carbonyl (C=O) groups excluding carboxylic acids is 1. The van der Waals surface area contributed by atoms with E-state index >= 15 is 0 Å². The maximum atomic E-state index is 12.5. The van der Waals surface area contributed by atoms with Gasteiger partial charge in [-0.05, 0) is 19.4 Å². The molecule has 2 heterocycles. The Hall–Kier alpha value is -1.66. The van der Waals surface area contributed by atoms with E-state index in [1.54, 1.807) is 0 Å². The van der Waals surface area contributed by atoms with Crippen molar-refractivity contribution in [1.82, 2.24) is 14.3 Å². The molecule has 0 bridgehead atoms. The number of alkyl halides is 1. The minimum absolute atomic E-state index is 0.129. The molecule has 1 amide bonds. The van der Waals surface area contributed by atoms with Crippen LogP contribution in [0.5, 0.6) is 0 Å². The zero-order chi connectivity index (χ0) is 17.9. The number of amides is 1. The average molecular weight is 379 g/mol. The lowest BCUT2D eigenvalue weighted by atomic mass is 9.94. The van der Waals surface area contributed by atoms with Gasteiger partial charge in [-0.15, -0.1) is 11.6 Å². The fourth-order valence-electron chi connectivity index (χ4n) is 2.81. The molecule has 3 rings (SSSR count). The van der Waals surface area contributed by atoms with Crippen LogP contribution in [-0.4, -0.2) is 52.2 Å². The number of halogens is 1. The van der Waals surface area contributed by atoms with Crippen LogP contribution in [0.25, 0.3) is 0 Å². The third-order valence-corrected chi connectivity index (χ3v) is 5.90. The molecule has 0 N–H and O–H groups in total. The molecule has 2 aromatic rings. The Bertz CT molecular complexity index is 711. The molecular formula is C18H23ClN4OS. The molecule has 0 unspecified atom stereocenters. The number of carbonyl (C=O) groups is 1. The molecule has 7 heteroatoms. The van der Waals surface area contributed by atoms with Crippen LogP contribution in [0.4, 0.5) is 5.13 Å². The zero-order valence-corrected chi connectivity index (χ0v) is 16.2. The number of piperazine rings is 1. The van der Waals surface area contributed by atoms with Gasteiger partial charge in [0.25, 0.3) is 0 Å². The summed E-state index contributed by atoms with van der Waals surface area (Å²) in [6, 6.07) is 10.2. The summed E-state index contributed by atoms with van der Waals surface area (Å²) in [6.07, 6.45) is 0.750. The highest BCUT2D eigenvalue weighted by Gasteiger charge is 2.33. The molecule has 1 aromatic carbocycles. The molecule has 5 nitrogen and oxygen atoms in total. The van der Waals surface area contributed by atoms with Gasteiger partial charge in [-0.2, -0.15) is 4.37 Å². The number of aromatic nitrogens is 2. The number of hydrogen-bond donors (Lipinski definition) is 0. The molecule has 1 aliphatic rings. The number of benzene rings is 1. The molecule has 1 saturated heterocycles. The molecule has 0 spiro atoms. The summed E-state index contributed by atoms with van der Waals surface area (Å²) in [6.45, 7) is 6.76. The number of nitrogens with zero attached hydrogens (tertiary/aromatic N) is 4. The summed E-state index contributed by atoms with van der Waals surface area (Å²) < 4.78 is 4.48. The van der Waals surface area contributed by atoms with Gasteiger partial charge in [0.2, 0.25) is 11.0 Å². The van der Waals surface area contributed by atoms with Crippen LogP contribution < -0.4 is 4.90 Å². The SMILES string of the molecule is CC(C)(CCl)C(=O)N1CCN(c2nc(Cc3ccccc3)ns2)CC1. The van der Waals surface area contributed by atoms with Crippen molar-refractivity contribution < 1.29 is 4.79 Å². The molecule has 1 fully saturated rings. The van der Waals surface area contributed by atoms with Crippen molar-refractivity contribution in [2.75, 3.05) is 37.0 Å². The molecule has 25 heavy (non-hydrogen) atoms. The molecular weight excluding hydrogens is 356 g/mol. The van der Waals surface area contributed by atoms with Gasteiger partial charge in [-0.3, -0.25) is 4.79 Å². The van der Waals surface area contributed by atoms with Crippen LogP contribution in [0.15, 0.2) is 30.3 Å².